The Labute approximate surface area is 104 Å². The summed E-state index contributed by atoms with van der Waals surface area (Å²) in [7, 11) is 0. The highest BCUT2D eigenvalue weighted by atomic mass is 16.5. The minimum atomic E-state index is -0.343. The molecule has 0 unspecified atom stereocenters. The van der Waals surface area contributed by atoms with Crippen LogP contribution < -0.4 is 0 Å². The molecule has 17 heavy (non-hydrogen) atoms. The average Bonchev–Trinajstić information content (AvgIpc) is 2.33. The third-order valence-electron chi connectivity index (χ3n) is 2.35. The number of unbranched alkanes of at least 4 members (excludes halogenated alkanes) is 2. The van der Waals surface area contributed by atoms with Crippen LogP contribution in [0, 0.1) is 0 Å². The third kappa shape index (κ3) is 7.55. The minimum absolute atomic E-state index is 0.0224. The van der Waals surface area contributed by atoms with Crippen molar-refractivity contribution in [3.05, 3.63) is 12.7 Å². The summed E-state index contributed by atoms with van der Waals surface area (Å²) in [6.07, 6.45) is 4.93. The number of amides is 1. The van der Waals surface area contributed by atoms with Crippen molar-refractivity contribution in [1.29, 1.82) is 0 Å². The smallest absolute Gasteiger partial charge is 0.325 e. The van der Waals surface area contributed by atoms with Crippen LogP contribution >= 0.6 is 0 Å². The van der Waals surface area contributed by atoms with Gasteiger partial charge in [0.25, 0.3) is 0 Å². The first-order valence-corrected chi connectivity index (χ1v) is 6.22. The molecule has 0 spiro atoms. The van der Waals surface area contributed by atoms with Gasteiger partial charge in [-0.05, 0) is 18.9 Å². The first-order valence-electron chi connectivity index (χ1n) is 6.22. The molecule has 0 heterocycles. The van der Waals surface area contributed by atoms with Crippen LogP contribution in [0.25, 0.3) is 0 Å². The number of carbonyl (C=O) groups is 2. The Bertz CT molecular complexity index is 251. The quantitative estimate of drug-likeness (QED) is 0.353. The lowest BCUT2D eigenvalue weighted by Crippen LogP contribution is -2.36. The lowest BCUT2D eigenvalue weighted by Gasteiger charge is -2.19. The highest BCUT2D eigenvalue weighted by Gasteiger charge is 2.14. The van der Waals surface area contributed by atoms with Gasteiger partial charge in [-0.25, -0.2) is 0 Å². The molecule has 0 aliphatic rings. The van der Waals surface area contributed by atoms with Crippen LogP contribution in [0.4, 0.5) is 0 Å². The maximum atomic E-state index is 11.5. The van der Waals surface area contributed by atoms with Crippen molar-refractivity contribution in [1.82, 2.24) is 4.90 Å². The fourth-order valence-corrected chi connectivity index (χ4v) is 1.28. The van der Waals surface area contributed by atoms with E-state index in [1.807, 2.05) is 13.8 Å². The predicted octanol–water partition coefficient (Wildman–Crippen LogP) is 2.14. The van der Waals surface area contributed by atoms with Crippen molar-refractivity contribution in [2.24, 2.45) is 0 Å². The van der Waals surface area contributed by atoms with Crippen molar-refractivity contribution < 1.29 is 14.3 Å². The fourth-order valence-electron chi connectivity index (χ4n) is 1.28. The van der Waals surface area contributed by atoms with Crippen LogP contribution in [0.1, 0.15) is 39.5 Å². The van der Waals surface area contributed by atoms with Crippen LogP contribution in [0.3, 0.4) is 0 Å². The molecule has 0 aromatic rings. The van der Waals surface area contributed by atoms with Crippen molar-refractivity contribution in [3.63, 3.8) is 0 Å². The van der Waals surface area contributed by atoms with Gasteiger partial charge in [0.05, 0.1) is 6.61 Å². The van der Waals surface area contributed by atoms with Crippen LogP contribution in [0.2, 0.25) is 0 Å². The van der Waals surface area contributed by atoms with Crippen LogP contribution in [0.15, 0.2) is 12.7 Å². The maximum Gasteiger partial charge on any atom is 0.325 e. The minimum Gasteiger partial charge on any atom is -0.464 e. The Balaban J connectivity index is 4.08. The number of nitrogens with zero attached hydrogens (tertiary/aromatic N) is 1. The molecule has 0 saturated carbocycles. The van der Waals surface area contributed by atoms with Gasteiger partial charge >= 0.3 is 5.97 Å². The lowest BCUT2D eigenvalue weighted by atomic mass is 10.3. The molecule has 0 aliphatic heterocycles. The van der Waals surface area contributed by atoms with Gasteiger partial charge in [-0.15, -0.1) is 0 Å². The number of ether oxygens (including phenoxy) is 1. The van der Waals surface area contributed by atoms with Crippen molar-refractivity contribution in [2.75, 3.05) is 19.7 Å². The highest BCUT2D eigenvalue weighted by molar-refractivity contribution is 5.89. The Morgan fingerprint density at radius 3 is 2.41 bits per heavy atom. The zero-order chi connectivity index (χ0) is 13.1. The largest absolute Gasteiger partial charge is 0.464 e. The first-order chi connectivity index (χ1) is 8.15. The first kappa shape index (κ1) is 15.7. The number of rotatable bonds is 9. The van der Waals surface area contributed by atoms with Crippen molar-refractivity contribution in [3.8, 4) is 0 Å². The van der Waals surface area contributed by atoms with E-state index in [0.717, 1.165) is 25.7 Å². The van der Waals surface area contributed by atoms with E-state index in [-0.39, 0.29) is 18.4 Å². The van der Waals surface area contributed by atoms with E-state index in [2.05, 4.69) is 6.58 Å². The molecule has 1 amide bonds. The van der Waals surface area contributed by atoms with Gasteiger partial charge in [0, 0.05) is 6.54 Å². The number of hydrogen-bond donors (Lipinski definition) is 0. The summed E-state index contributed by atoms with van der Waals surface area (Å²) < 4.78 is 5.02. The predicted molar refractivity (Wildman–Crippen MR) is 67.6 cm³/mol. The van der Waals surface area contributed by atoms with E-state index in [0.29, 0.717) is 13.2 Å². The average molecular weight is 241 g/mol. The standard InChI is InChI=1S/C13H23NO3/c1-4-7-9-14(12(15)6-3)11-13(16)17-10-8-5-2/h6H,3-5,7-11H2,1-2H3. The van der Waals surface area contributed by atoms with E-state index >= 15 is 0 Å². The molecule has 0 aromatic carbocycles. The summed E-state index contributed by atoms with van der Waals surface area (Å²) in [6, 6.07) is 0. The summed E-state index contributed by atoms with van der Waals surface area (Å²) in [5, 5.41) is 0. The summed E-state index contributed by atoms with van der Waals surface area (Å²) in [5.74, 6) is -0.560. The van der Waals surface area contributed by atoms with Gasteiger partial charge in [-0.1, -0.05) is 33.3 Å². The third-order valence-corrected chi connectivity index (χ3v) is 2.35. The molecular weight excluding hydrogens is 218 g/mol. The Morgan fingerprint density at radius 2 is 1.88 bits per heavy atom. The van der Waals surface area contributed by atoms with E-state index in [1.54, 1.807) is 0 Å². The molecular formula is C13H23NO3. The van der Waals surface area contributed by atoms with E-state index < -0.39 is 0 Å². The van der Waals surface area contributed by atoms with Gasteiger partial charge in [0.15, 0.2) is 0 Å². The zero-order valence-electron chi connectivity index (χ0n) is 10.9. The second-order valence-corrected chi connectivity index (χ2v) is 3.89. The molecule has 0 atom stereocenters. The van der Waals surface area contributed by atoms with E-state index in [4.69, 9.17) is 4.74 Å². The fraction of sp³-hybridized carbons (Fsp3) is 0.692. The number of carbonyl (C=O) groups excluding carboxylic acids is 2. The SMILES string of the molecule is C=CC(=O)N(CCCC)CC(=O)OCCCC. The van der Waals surface area contributed by atoms with Crippen LogP contribution in [-0.4, -0.2) is 36.5 Å². The Hall–Kier alpha value is -1.32. The topological polar surface area (TPSA) is 46.6 Å². The van der Waals surface area contributed by atoms with Gasteiger partial charge in [0.2, 0.25) is 5.91 Å². The molecule has 0 radical (unpaired) electrons. The van der Waals surface area contributed by atoms with Gasteiger partial charge in [-0.3, -0.25) is 9.59 Å². The van der Waals surface area contributed by atoms with Crippen LogP contribution in [0.5, 0.6) is 0 Å². The van der Waals surface area contributed by atoms with Crippen molar-refractivity contribution >= 4 is 11.9 Å². The maximum absolute atomic E-state index is 11.5. The molecule has 0 N–H and O–H groups in total. The molecule has 0 fully saturated rings. The van der Waals surface area contributed by atoms with Crippen LogP contribution in [-0.2, 0) is 14.3 Å². The van der Waals surface area contributed by atoms with E-state index in [1.165, 1.54) is 11.0 Å². The second-order valence-electron chi connectivity index (χ2n) is 3.89. The molecule has 0 saturated heterocycles. The Morgan fingerprint density at radius 1 is 1.24 bits per heavy atom. The van der Waals surface area contributed by atoms with Gasteiger partial charge in [0.1, 0.15) is 6.54 Å². The molecule has 4 heteroatoms. The van der Waals surface area contributed by atoms with Gasteiger partial charge in [-0.2, -0.15) is 0 Å². The lowest BCUT2D eigenvalue weighted by molar-refractivity contribution is -0.148. The summed E-state index contributed by atoms with van der Waals surface area (Å²) in [5.41, 5.74) is 0. The normalized spacial score (nSPS) is 9.76. The Kier molecular flexibility index (Phi) is 9.11. The monoisotopic (exact) mass is 241 g/mol. The van der Waals surface area contributed by atoms with Crippen molar-refractivity contribution in [2.45, 2.75) is 39.5 Å². The molecule has 0 aliphatic carbocycles. The molecule has 4 nitrogen and oxygen atoms in total. The molecule has 98 valence electrons. The van der Waals surface area contributed by atoms with Gasteiger partial charge < -0.3 is 9.64 Å². The summed E-state index contributed by atoms with van der Waals surface area (Å²) in [4.78, 5) is 24.4. The molecule has 0 bridgehead atoms. The molecule has 0 aromatic heterocycles. The number of hydrogen-bond acceptors (Lipinski definition) is 3. The second kappa shape index (κ2) is 9.87. The highest BCUT2D eigenvalue weighted by Crippen LogP contribution is 1.98. The summed E-state index contributed by atoms with van der Waals surface area (Å²) >= 11 is 0. The molecule has 0 rings (SSSR count). The number of esters is 1. The van der Waals surface area contributed by atoms with E-state index in [9.17, 15) is 9.59 Å². The summed E-state index contributed by atoms with van der Waals surface area (Å²) in [6.45, 7) is 8.52. The zero-order valence-corrected chi connectivity index (χ0v) is 10.9.